The standard InChI is InChI=1S/C13H18F2N2O/c1-8-3-4-17(7-12(8)18-2)13-10(14)5-9(16)6-11(13)15/h5-6,8,12H,3-4,7,16H2,1-2H3. The molecule has 18 heavy (non-hydrogen) atoms. The van der Waals surface area contributed by atoms with Gasteiger partial charge in [-0.2, -0.15) is 0 Å². The van der Waals surface area contributed by atoms with E-state index in [4.69, 9.17) is 10.5 Å². The Labute approximate surface area is 106 Å². The van der Waals surface area contributed by atoms with Gasteiger partial charge in [-0.15, -0.1) is 0 Å². The molecule has 1 saturated heterocycles. The van der Waals surface area contributed by atoms with E-state index in [1.165, 1.54) is 0 Å². The predicted octanol–water partition coefficient (Wildman–Crippen LogP) is 2.41. The summed E-state index contributed by atoms with van der Waals surface area (Å²) in [6.45, 7) is 3.20. The molecule has 0 radical (unpaired) electrons. The Balaban J connectivity index is 2.27. The fourth-order valence-electron chi connectivity index (χ4n) is 2.43. The van der Waals surface area contributed by atoms with E-state index in [-0.39, 0.29) is 17.5 Å². The molecule has 1 aliphatic heterocycles. The number of halogens is 2. The number of hydrogen-bond acceptors (Lipinski definition) is 3. The van der Waals surface area contributed by atoms with Crippen molar-refractivity contribution in [1.29, 1.82) is 0 Å². The summed E-state index contributed by atoms with van der Waals surface area (Å²) in [4.78, 5) is 1.69. The summed E-state index contributed by atoms with van der Waals surface area (Å²) < 4.78 is 33.0. The van der Waals surface area contributed by atoms with E-state index in [2.05, 4.69) is 6.92 Å². The monoisotopic (exact) mass is 256 g/mol. The molecular formula is C13H18F2N2O. The fraction of sp³-hybridized carbons (Fsp3) is 0.538. The molecule has 1 aliphatic rings. The molecule has 1 aromatic carbocycles. The number of piperidine rings is 1. The van der Waals surface area contributed by atoms with E-state index < -0.39 is 11.6 Å². The summed E-state index contributed by atoms with van der Waals surface area (Å²) in [7, 11) is 1.63. The smallest absolute Gasteiger partial charge is 0.151 e. The highest BCUT2D eigenvalue weighted by Gasteiger charge is 2.29. The summed E-state index contributed by atoms with van der Waals surface area (Å²) >= 11 is 0. The van der Waals surface area contributed by atoms with Crippen molar-refractivity contribution < 1.29 is 13.5 Å². The molecule has 0 aromatic heterocycles. The van der Waals surface area contributed by atoms with Crippen molar-refractivity contribution in [2.24, 2.45) is 5.92 Å². The number of nitrogens with zero attached hydrogens (tertiary/aromatic N) is 1. The van der Waals surface area contributed by atoms with Gasteiger partial charge in [0.15, 0.2) is 11.6 Å². The molecule has 0 bridgehead atoms. The van der Waals surface area contributed by atoms with Crippen LogP contribution in [0.4, 0.5) is 20.2 Å². The summed E-state index contributed by atoms with van der Waals surface area (Å²) in [5, 5.41) is 0. The summed E-state index contributed by atoms with van der Waals surface area (Å²) in [5.74, 6) is -0.833. The van der Waals surface area contributed by atoms with Crippen LogP contribution >= 0.6 is 0 Å². The van der Waals surface area contributed by atoms with Crippen LogP contribution in [0.2, 0.25) is 0 Å². The van der Waals surface area contributed by atoms with E-state index in [0.29, 0.717) is 19.0 Å². The Hall–Kier alpha value is -1.36. The molecular weight excluding hydrogens is 238 g/mol. The Morgan fingerprint density at radius 1 is 1.33 bits per heavy atom. The zero-order valence-corrected chi connectivity index (χ0v) is 10.6. The van der Waals surface area contributed by atoms with Gasteiger partial charge in [-0.25, -0.2) is 8.78 Å². The van der Waals surface area contributed by atoms with E-state index >= 15 is 0 Å². The van der Waals surface area contributed by atoms with E-state index in [9.17, 15) is 8.78 Å². The van der Waals surface area contributed by atoms with Crippen molar-refractivity contribution in [2.75, 3.05) is 30.8 Å². The highest BCUT2D eigenvalue weighted by molar-refractivity contribution is 5.56. The SMILES string of the molecule is COC1CN(c2c(F)cc(N)cc2F)CCC1C. The number of hydrogen-bond donors (Lipinski definition) is 1. The first-order valence-corrected chi connectivity index (χ1v) is 6.05. The molecule has 1 fully saturated rings. The first-order valence-electron chi connectivity index (χ1n) is 6.05. The van der Waals surface area contributed by atoms with Gasteiger partial charge in [0.05, 0.1) is 6.10 Å². The van der Waals surface area contributed by atoms with Gasteiger partial charge in [0, 0.05) is 25.9 Å². The lowest BCUT2D eigenvalue weighted by molar-refractivity contribution is 0.0495. The first kappa shape index (κ1) is 13.1. The Kier molecular flexibility index (Phi) is 3.71. The fourth-order valence-corrected chi connectivity index (χ4v) is 2.43. The molecule has 100 valence electrons. The van der Waals surface area contributed by atoms with Crippen LogP contribution in [0, 0.1) is 17.6 Å². The number of anilines is 2. The third-order valence-electron chi connectivity index (χ3n) is 3.55. The summed E-state index contributed by atoms with van der Waals surface area (Å²) in [6, 6.07) is 2.30. The second-order valence-electron chi connectivity index (χ2n) is 4.82. The maximum Gasteiger partial charge on any atom is 0.151 e. The third-order valence-corrected chi connectivity index (χ3v) is 3.55. The van der Waals surface area contributed by atoms with Crippen LogP contribution in [-0.4, -0.2) is 26.3 Å². The molecule has 2 atom stereocenters. The highest BCUT2D eigenvalue weighted by Crippen LogP contribution is 2.30. The molecule has 5 heteroatoms. The minimum Gasteiger partial charge on any atom is -0.399 e. The number of benzene rings is 1. The van der Waals surface area contributed by atoms with Gasteiger partial charge in [-0.05, 0) is 24.5 Å². The molecule has 2 unspecified atom stereocenters. The number of rotatable bonds is 2. The lowest BCUT2D eigenvalue weighted by atomic mass is 9.95. The average molecular weight is 256 g/mol. The Morgan fingerprint density at radius 3 is 2.50 bits per heavy atom. The molecule has 0 saturated carbocycles. The highest BCUT2D eigenvalue weighted by atomic mass is 19.1. The topological polar surface area (TPSA) is 38.5 Å². The molecule has 0 amide bonds. The van der Waals surface area contributed by atoms with Crippen LogP contribution in [0.25, 0.3) is 0 Å². The second-order valence-corrected chi connectivity index (χ2v) is 4.82. The van der Waals surface area contributed by atoms with Gasteiger partial charge >= 0.3 is 0 Å². The zero-order chi connectivity index (χ0) is 13.3. The van der Waals surface area contributed by atoms with Crippen LogP contribution in [0.3, 0.4) is 0 Å². The van der Waals surface area contributed by atoms with E-state index in [1.54, 1.807) is 12.0 Å². The predicted molar refractivity (Wildman–Crippen MR) is 67.6 cm³/mol. The minimum atomic E-state index is -0.614. The normalized spacial score (nSPS) is 24.3. The van der Waals surface area contributed by atoms with Crippen molar-refractivity contribution >= 4 is 11.4 Å². The number of nitrogen functional groups attached to an aromatic ring is 1. The third kappa shape index (κ3) is 2.41. The molecule has 2 N–H and O–H groups in total. The van der Waals surface area contributed by atoms with Crippen molar-refractivity contribution in [1.82, 2.24) is 0 Å². The number of nitrogens with two attached hydrogens (primary N) is 1. The molecule has 1 aromatic rings. The Morgan fingerprint density at radius 2 is 1.94 bits per heavy atom. The second kappa shape index (κ2) is 5.10. The maximum atomic E-state index is 13.8. The quantitative estimate of drug-likeness (QED) is 0.826. The average Bonchev–Trinajstić information content (AvgIpc) is 2.30. The van der Waals surface area contributed by atoms with Crippen LogP contribution in [0.5, 0.6) is 0 Å². The summed E-state index contributed by atoms with van der Waals surface area (Å²) in [5.41, 5.74) is 5.51. The molecule has 3 nitrogen and oxygen atoms in total. The van der Waals surface area contributed by atoms with Gasteiger partial charge in [-0.3, -0.25) is 0 Å². The van der Waals surface area contributed by atoms with Crippen LogP contribution in [-0.2, 0) is 4.74 Å². The van der Waals surface area contributed by atoms with Crippen LogP contribution in [0.1, 0.15) is 13.3 Å². The van der Waals surface area contributed by atoms with Crippen molar-refractivity contribution in [2.45, 2.75) is 19.4 Å². The van der Waals surface area contributed by atoms with Gasteiger partial charge in [0.2, 0.25) is 0 Å². The lowest BCUT2D eigenvalue weighted by Crippen LogP contribution is -2.44. The minimum absolute atomic E-state index is 0.00171. The molecule has 2 rings (SSSR count). The summed E-state index contributed by atoms with van der Waals surface area (Å²) in [6.07, 6.45) is 0.844. The van der Waals surface area contributed by atoms with Gasteiger partial charge in [0.25, 0.3) is 0 Å². The van der Waals surface area contributed by atoms with E-state index in [0.717, 1.165) is 18.6 Å². The van der Waals surface area contributed by atoms with Gasteiger partial charge in [-0.1, -0.05) is 6.92 Å². The molecule has 0 aliphatic carbocycles. The van der Waals surface area contributed by atoms with Crippen molar-refractivity contribution in [3.05, 3.63) is 23.8 Å². The Bertz CT molecular complexity index is 416. The zero-order valence-electron chi connectivity index (χ0n) is 10.6. The largest absolute Gasteiger partial charge is 0.399 e. The number of ether oxygens (including phenoxy) is 1. The van der Waals surface area contributed by atoms with Gasteiger partial charge in [0.1, 0.15) is 5.69 Å². The van der Waals surface area contributed by atoms with Crippen molar-refractivity contribution in [3.8, 4) is 0 Å². The van der Waals surface area contributed by atoms with E-state index in [1.807, 2.05) is 0 Å². The molecule has 0 spiro atoms. The van der Waals surface area contributed by atoms with Gasteiger partial charge < -0.3 is 15.4 Å². The lowest BCUT2D eigenvalue weighted by Gasteiger charge is -2.37. The maximum absolute atomic E-state index is 13.8. The van der Waals surface area contributed by atoms with Crippen LogP contribution in [0.15, 0.2) is 12.1 Å². The first-order chi connectivity index (χ1) is 8.52. The molecule has 1 heterocycles. The van der Waals surface area contributed by atoms with Crippen LogP contribution < -0.4 is 10.6 Å². The number of methoxy groups -OCH3 is 1. The van der Waals surface area contributed by atoms with Crippen molar-refractivity contribution in [3.63, 3.8) is 0 Å².